The summed E-state index contributed by atoms with van der Waals surface area (Å²) in [5, 5.41) is 1.88. The van der Waals surface area contributed by atoms with Gasteiger partial charge in [-0.15, -0.1) is 0 Å². The molecule has 1 heterocycles. The number of benzene rings is 2. The number of hydrogen-bond donors (Lipinski definition) is 1. The number of nitrogens with zero attached hydrogens (tertiary/aromatic N) is 2. The third-order valence-corrected chi connectivity index (χ3v) is 7.39. The highest BCUT2D eigenvalue weighted by Crippen LogP contribution is 2.30. The zero-order valence-corrected chi connectivity index (χ0v) is 19.3. The van der Waals surface area contributed by atoms with Crippen molar-refractivity contribution in [2.24, 2.45) is 14.1 Å². The van der Waals surface area contributed by atoms with Crippen molar-refractivity contribution in [1.82, 2.24) is 9.13 Å². The molecule has 1 amide bonds. The number of amides is 1. The monoisotopic (exact) mass is 459 g/mol. The fraction of sp³-hybridized carbons (Fsp3) is 0.318. The van der Waals surface area contributed by atoms with E-state index in [-0.39, 0.29) is 21.7 Å². The molecule has 0 spiro atoms. The van der Waals surface area contributed by atoms with Crippen LogP contribution in [0.3, 0.4) is 0 Å². The normalized spacial score (nSPS) is 11.7. The molecule has 3 rings (SSSR count). The van der Waals surface area contributed by atoms with Gasteiger partial charge in [-0.05, 0) is 45.0 Å². The standard InChI is InChI=1S/C22H25N3O6S/c1-6-31-18-10-8-7-9-14(18)20(26)23-15-11-16-17(12-19(15)32(29,30)13(2)3)25(5)22(28)21(27)24(16)4/h7-13H,6H2,1-5H3,(H,23,26). The van der Waals surface area contributed by atoms with Crippen LogP contribution in [-0.4, -0.2) is 35.3 Å². The minimum atomic E-state index is -3.85. The van der Waals surface area contributed by atoms with Gasteiger partial charge in [-0.2, -0.15) is 0 Å². The maximum atomic E-state index is 13.1. The number of sulfone groups is 1. The van der Waals surface area contributed by atoms with Crippen LogP contribution in [0.4, 0.5) is 5.69 Å². The van der Waals surface area contributed by atoms with Crippen LogP contribution in [-0.2, 0) is 23.9 Å². The molecule has 0 bridgehead atoms. The number of fused-ring (bicyclic) bond motifs is 1. The first-order valence-electron chi connectivity index (χ1n) is 10.0. The lowest BCUT2D eigenvalue weighted by atomic mass is 10.1. The summed E-state index contributed by atoms with van der Waals surface area (Å²) in [6.45, 7) is 5.18. The van der Waals surface area contributed by atoms with Gasteiger partial charge in [-0.1, -0.05) is 12.1 Å². The third kappa shape index (κ3) is 3.93. The van der Waals surface area contributed by atoms with Crippen molar-refractivity contribution in [1.29, 1.82) is 0 Å². The van der Waals surface area contributed by atoms with Gasteiger partial charge >= 0.3 is 11.1 Å². The van der Waals surface area contributed by atoms with Crippen LogP contribution in [0.25, 0.3) is 11.0 Å². The maximum Gasteiger partial charge on any atom is 0.316 e. The first-order valence-corrected chi connectivity index (χ1v) is 11.6. The number of hydrogen-bond acceptors (Lipinski definition) is 6. The van der Waals surface area contributed by atoms with Crippen molar-refractivity contribution in [3.8, 4) is 5.75 Å². The third-order valence-electron chi connectivity index (χ3n) is 5.20. The zero-order valence-electron chi connectivity index (χ0n) is 18.5. The number of nitrogens with one attached hydrogen (secondary N) is 1. The molecule has 0 radical (unpaired) electrons. The van der Waals surface area contributed by atoms with Crippen molar-refractivity contribution < 1.29 is 17.9 Å². The summed E-state index contributed by atoms with van der Waals surface area (Å²) < 4.78 is 33.9. The largest absolute Gasteiger partial charge is 0.493 e. The van der Waals surface area contributed by atoms with Crippen LogP contribution in [0.1, 0.15) is 31.1 Å². The van der Waals surface area contributed by atoms with Crippen molar-refractivity contribution in [2.75, 3.05) is 11.9 Å². The van der Waals surface area contributed by atoms with Crippen LogP contribution < -0.4 is 21.2 Å². The molecule has 0 atom stereocenters. The number of aryl methyl sites for hydroxylation is 2. The average Bonchev–Trinajstić information content (AvgIpc) is 2.76. The number of rotatable bonds is 6. The SMILES string of the molecule is CCOc1ccccc1C(=O)Nc1cc2c(cc1S(=O)(=O)C(C)C)n(C)c(=O)c(=O)n2C. The van der Waals surface area contributed by atoms with Gasteiger partial charge in [0, 0.05) is 14.1 Å². The summed E-state index contributed by atoms with van der Waals surface area (Å²) in [6.07, 6.45) is 0. The Balaban J connectivity index is 2.29. The van der Waals surface area contributed by atoms with Gasteiger partial charge in [0.2, 0.25) is 0 Å². The number of carbonyl (C=O) groups excluding carboxylic acids is 1. The molecule has 0 aliphatic carbocycles. The predicted octanol–water partition coefficient (Wildman–Crippen LogP) is 2.07. The summed E-state index contributed by atoms with van der Waals surface area (Å²) in [5.74, 6) is -0.209. The molecule has 170 valence electrons. The molecule has 1 N–H and O–H groups in total. The molecule has 0 saturated carbocycles. The van der Waals surface area contributed by atoms with Crippen molar-refractivity contribution in [2.45, 2.75) is 30.9 Å². The molecule has 0 aliphatic heterocycles. The minimum absolute atomic E-state index is 0.0103. The van der Waals surface area contributed by atoms with Crippen LogP contribution in [0, 0.1) is 0 Å². The van der Waals surface area contributed by atoms with Crippen molar-refractivity contribution in [3.63, 3.8) is 0 Å². The lowest BCUT2D eigenvalue weighted by molar-refractivity contribution is 0.102. The summed E-state index contributed by atoms with van der Waals surface area (Å²) in [6, 6.07) is 9.32. The molecule has 9 nitrogen and oxygen atoms in total. The highest BCUT2D eigenvalue weighted by Gasteiger charge is 2.26. The second-order valence-corrected chi connectivity index (χ2v) is 10.0. The Morgan fingerprint density at radius 1 is 1.03 bits per heavy atom. The van der Waals surface area contributed by atoms with Crippen molar-refractivity contribution in [3.05, 3.63) is 62.7 Å². The van der Waals surface area contributed by atoms with Gasteiger partial charge in [0.1, 0.15) is 5.75 Å². The van der Waals surface area contributed by atoms with Crippen LogP contribution in [0.15, 0.2) is 50.9 Å². The minimum Gasteiger partial charge on any atom is -0.493 e. The lowest BCUT2D eigenvalue weighted by Gasteiger charge is -2.18. The van der Waals surface area contributed by atoms with Gasteiger partial charge in [0.25, 0.3) is 5.91 Å². The van der Waals surface area contributed by atoms with E-state index in [1.807, 2.05) is 0 Å². The quantitative estimate of drug-likeness (QED) is 0.564. The molecule has 1 aromatic heterocycles. The molecule has 0 fully saturated rings. The van der Waals surface area contributed by atoms with Crippen LogP contribution >= 0.6 is 0 Å². The van der Waals surface area contributed by atoms with Gasteiger partial charge in [0.05, 0.1) is 39.0 Å². The Morgan fingerprint density at radius 3 is 2.16 bits per heavy atom. The van der Waals surface area contributed by atoms with Crippen LogP contribution in [0.5, 0.6) is 5.75 Å². The number of ether oxygens (including phenoxy) is 1. The molecule has 2 aromatic carbocycles. The molecular weight excluding hydrogens is 434 g/mol. The molecule has 32 heavy (non-hydrogen) atoms. The topological polar surface area (TPSA) is 116 Å². The number of anilines is 1. The van der Waals surface area contributed by atoms with Crippen molar-refractivity contribution >= 4 is 32.5 Å². The summed E-state index contributed by atoms with van der Waals surface area (Å²) in [5.41, 5.74) is -0.751. The van der Waals surface area contributed by atoms with Gasteiger partial charge < -0.3 is 19.2 Å². The van der Waals surface area contributed by atoms with E-state index in [9.17, 15) is 22.8 Å². The molecular formula is C22H25N3O6S. The Morgan fingerprint density at radius 2 is 1.59 bits per heavy atom. The first-order chi connectivity index (χ1) is 15.0. The van der Waals surface area contributed by atoms with Gasteiger partial charge in [-0.3, -0.25) is 14.4 Å². The average molecular weight is 460 g/mol. The molecule has 10 heteroatoms. The maximum absolute atomic E-state index is 13.1. The highest BCUT2D eigenvalue weighted by atomic mass is 32.2. The van der Waals surface area contributed by atoms with E-state index in [0.29, 0.717) is 17.9 Å². The van der Waals surface area contributed by atoms with Gasteiger partial charge in [0.15, 0.2) is 9.84 Å². The van der Waals surface area contributed by atoms with Crippen LogP contribution in [0.2, 0.25) is 0 Å². The second kappa shape index (κ2) is 8.62. The molecule has 0 saturated heterocycles. The fourth-order valence-electron chi connectivity index (χ4n) is 3.31. The Labute approximate surface area is 185 Å². The molecule has 3 aromatic rings. The zero-order chi connectivity index (χ0) is 23.8. The van der Waals surface area contributed by atoms with E-state index in [0.717, 1.165) is 9.13 Å². The smallest absolute Gasteiger partial charge is 0.316 e. The van der Waals surface area contributed by atoms with Gasteiger partial charge in [-0.25, -0.2) is 8.42 Å². The second-order valence-electron chi connectivity index (χ2n) is 7.54. The van der Waals surface area contributed by atoms with E-state index in [4.69, 9.17) is 4.74 Å². The van der Waals surface area contributed by atoms with E-state index in [2.05, 4.69) is 5.32 Å². The summed E-state index contributed by atoms with van der Waals surface area (Å²) in [7, 11) is -1.04. The van der Waals surface area contributed by atoms with E-state index >= 15 is 0 Å². The number of para-hydroxylation sites is 1. The first kappa shape index (κ1) is 23.3. The number of carbonyl (C=O) groups is 1. The Kier molecular flexibility index (Phi) is 6.27. The predicted molar refractivity (Wildman–Crippen MR) is 122 cm³/mol. The Hall–Kier alpha value is -3.40. The highest BCUT2D eigenvalue weighted by molar-refractivity contribution is 7.92. The number of aromatic nitrogens is 2. The van der Waals surface area contributed by atoms with E-state index in [1.165, 1.54) is 40.1 Å². The fourth-order valence-corrected chi connectivity index (χ4v) is 4.51. The Bertz CT molecular complexity index is 1430. The molecule has 0 unspecified atom stereocenters. The summed E-state index contributed by atoms with van der Waals surface area (Å²) >= 11 is 0. The summed E-state index contributed by atoms with van der Waals surface area (Å²) in [4.78, 5) is 37.4. The van der Waals surface area contributed by atoms with E-state index < -0.39 is 32.1 Å². The molecule has 0 aliphatic rings. The lowest BCUT2D eigenvalue weighted by Crippen LogP contribution is -2.39. The van der Waals surface area contributed by atoms with E-state index in [1.54, 1.807) is 31.2 Å².